The van der Waals surface area contributed by atoms with Gasteiger partial charge < -0.3 is 22.1 Å². The average molecular weight is 515 g/mol. The van der Waals surface area contributed by atoms with Crippen LogP contribution in [-0.2, 0) is 0 Å². The van der Waals surface area contributed by atoms with E-state index in [1.807, 2.05) is 5.57 Å². The second-order valence-corrected chi connectivity index (χ2v) is 14.0. The van der Waals surface area contributed by atoms with Crippen molar-refractivity contribution < 1.29 is 0 Å². The van der Waals surface area contributed by atoms with Gasteiger partial charge in [0.25, 0.3) is 0 Å². The molecule has 0 unspecified atom stereocenters. The van der Waals surface area contributed by atoms with Gasteiger partial charge in [-0.25, -0.2) is 0 Å². The monoisotopic (exact) mass is 514 g/mol. The maximum atomic E-state index is 5.66. The number of rotatable bonds is 15. The lowest BCUT2D eigenvalue weighted by Crippen LogP contribution is -2.53. The van der Waals surface area contributed by atoms with E-state index in [1.165, 1.54) is 116 Å². The number of hydrogen-bond donors (Lipinski definition) is 4. The van der Waals surface area contributed by atoms with E-state index < -0.39 is 0 Å². The maximum Gasteiger partial charge on any atom is 0.0253 e. The Morgan fingerprint density at radius 3 is 2.24 bits per heavy atom. The largest absolute Gasteiger partial charge is 0.330 e. The van der Waals surface area contributed by atoms with Crippen molar-refractivity contribution in [2.75, 3.05) is 26.2 Å². The van der Waals surface area contributed by atoms with Gasteiger partial charge in [-0.1, -0.05) is 51.2 Å². The van der Waals surface area contributed by atoms with Gasteiger partial charge in [-0.3, -0.25) is 0 Å². The highest BCUT2D eigenvalue weighted by Crippen LogP contribution is 2.67. The molecule has 3 fully saturated rings. The van der Waals surface area contributed by atoms with Gasteiger partial charge in [-0.15, -0.1) is 0 Å². The summed E-state index contributed by atoms with van der Waals surface area (Å²) in [5.41, 5.74) is 14.1. The fraction of sp³-hybridized carbons (Fsp3) is 0.939. The molecule has 0 aliphatic heterocycles. The van der Waals surface area contributed by atoms with E-state index in [1.54, 1.807) is 0 Å². The summed E-state index contributed by atoms with van der Waals surface area (Å²) >= 11 is 0. The molecule has 0 spiro atoms. The SMILES string of the molecule is C[C@@H](NCCCCCCN)[C@H]1CC[C@H]2[C@@H]3CCC4=C[C@@H](NCCCCCCN)CC[C@]4(C)[C@H]3CC[C@]12C. The number of nitrogens with one attached hydrogen (secondary N) is 2. The van der Waals surface area contributed by atoms with E-state index in [9.17, 15) is 0 Å². The Kier molecular flexibility index (Phi) is 11.0. The first-order valence-electron chi connectivity index (χ1n) is 16.5. The Balaban J connectivity index is 1.30. The van der Waals surface area contributed by atoms with Crippen LogP contribution in [0, 0.1) is 34.5 Å². The Bertz CT molecular complexity index is 721. The normalized spacial score (nSPS) is 38.0. The number of unbranched alkanes of at least 4 members (excludes halogenated alkanes) is 6. The molecule has 4 aliphatic rings. The zero-order valence-electron chi connectivity index (χ0n) is 24.8. The molecule has 4 heteroatoms. The summed E-state index contributed by atoms with van der Waals surface area (Å²) in [5.74, 6) is 3.69. The van der Waals surface area contributed by atoms with Crippen LogP contribution in [-0.4, -0.2) is 38.3 Å². The second kappa shape index (κ2) is 13.8. The standard InChI is InChI=1S/C33H62N4/c1-25(36-22-10-6-4-8-20-34)29-14-15-30-28-13-12-26-24-27(37-23-11-7-5-9-21-35)16-18-32(26,2)31(28)17-19-33(29,30)3/h24-25,27-31,36-37H,4-23,34-35H2,1-3H3/t25-,27+,28+,29-,30+,31+,32+,33-/m1/s1. The van der Waals surface area contributed by atoms with Crippen LogP contribution < -0.4 is 22.1 Å². The second-order valence-electron chi connectivity index (χ2n) is 14.0. The van der Waals surface area contributed by atoms with E-state index in [4.69, 9.17) is 11.5 Å². The van der Waals surface area contributed by atoms with Crippen molar-refractivity contribution in [3.8, 4) is 0 Å². The zero-order chi connectivity index (χ0) is 26.3. The van der Waals surface area contributed by atoms with Crippen LogP contribution in [0.5, 0.6) is 0 Å². The molecule has 0 aromatic heterocycles. The first-order valence-corrected chi connectivity index (χ1v) is 16.5. The molecule has 0 heterocycles. The molecule has 4 rings (SSSR count). The molecule has 6 N–H and O–H groups in total. The maximum absolute atomic E-state index is 5.66. The van der Waals surface area contributed by atoms with Crippen molar-refractivity contribution in [3.63, 3.8) is 0 Å². The van der Waals surface area contributed by atoms with E-state index in [-0.39, 0.29) is 0 Å². The third-order valence-electron chi connectivity index (χ3n) is 11.9. The molecule has 3 saturated carbocycles. The molecule has 4 aliphatic carbocycles. The van der Waals surface area contributed by atoms with Crippen LogP contribution in [0.4, 0.5) is 0 Å². The summed E-state index contributed by atoms with van der Waals surface area (Å²) in [5, 5.41) is 7.86. The molecular weight excluding hydrogens is 452 g/mol. The van der Waals surface area contributed by atoms with Gasteiger partial charge in [0.05, 0.1) is 0 Å². The lowest BCUT2D eigenvalue weighted by Gasteiger charge is -2.59. The van der Waals surface area contributed by atoms with Gasteiger partial charge in [0.15, 0.2) is 0 Å². The lowest BCUT2D eigenvalue weighted by molar-refractivity contribution is -0.0560. The van der Waals surface area contributed by atoms with Gasteiger partial charge >= 0.3 is 0 Å². The minimum absolute atomic E-state index is 0.467. The molecule has 0 amide bonds. The molecule has 4 nitrogen and oxygen atoms in total. The van der Waals surface area contributed by atoms with Crippen molar-refractivity contribution in [2.45, 2.75) is 136 Å². The highest BCUT2D eigenvalue weighted by atomic mass is 14.9. The van der Waals surface area contributed by atoms with Gasteiger partial charge in [0, 0.05) is 12.1 Å². The van der Waals surface area contributed by atoms with Crippen LogP contribution in [0.1, 0.15) is 124 Å². The number of fused-ring (bicyclic) bond motifs is 5. The molecule has 0 bridgehead atoms. The topological polar surface area (TPSA) is 76.1 Å². The van der Waals surface area contributed by atoms with E-state index in [0.717, 1.165) is 36.8 Å². The van der Waals surface area contributed by atoms with Crippen molar-refractivity contribution in [1.82, 2.24) is 10.6 Å². The lowest BCUT2D eigenvalue weighted by atomic mass is 9.46. The highest BCUT2D eigenvalue weighted by Gasteiger charge is 2.59. The quantitative estimate of drug-likeness (QED) is 0.148. The third-order valence-corrected chi connectivity index (χ3v) is 11.9. The predicted molar refractivity (Wildman–Crippen MR) is 159 cm³/mol. The Hall–Kier alpha value is -0.420. The van der Waals surface area contributed by atoms with Crippen LogP contribution in [0.3, 0.4) is 0 Å². The molecule has 0 aromatic rings. The van der Waals surface area contributed by atoms with Crippen LogP contribution in [0.25, 0.3) is 0 Å². The number of nitrogens with two attached hydrogens (primary N) is 2. The predicted octanol–water partition coefficient (Wildman–Crippen LogP) is 6.54. The Morgan fingerprint density at radius 1 is 0.811 bits per heavy atom. The van der Waals surface area contributed by atoms with Crippen LogP contribution in [0.2, 0.25) is 0 Å². The summed E-state index contributed by atoms with van der Waals surface area (Å²) in [6, 6.07) is 1.27. The Morgan fingerprint density at radius 2 is 1.51 bits per heavy atom. The number of allylic oxidation sites excluding steroid dienone is 1. The number of hydrogen-bond acceptors (Lipinski definition) is 4. The van der Waals surface area contributed by atoms with E-state index >= 15 is 0 Å². The summed E-state index contributed by atoms with van der Waals surface area (Å²) in [4.78, 5) is 0. The molecular formula is C33H62N4. The van der Waals surface area contributed by atoms with Crippen molar-refractivity contribution in [1.29, 1.82) is 0 Å². The van der Waals surface area contributed by atoms with Crippen molar-refractivity contribution in [3.05, 3.63) is 11.6 Å². The molecule has 0 radical (unpaired) electrons. The zero-order valence-corrected chi connectivity index (χ0v) is 24.8. The van der Waals surface area contributed by atoms with Crippen LogP contribution >= 0.6 is 0 Å². The van der Waals surface area contributed by atoms with Crippen molar-refractivity contribution in [2.24, 2.45) is 46.0 Å². The Labute approximate surface area is 229 Å². The minimum atomic E-state index is 0.467. The highest BCUT2D eigenvalue weighted by molar-refractivity contribution is 5.26. The van der Waals surface area contributed by atoms with E-state index in [2.05, 4.69) is 37.5 Å². The van der Waals surface area contributed by atoms with E-state index in [0.29, 0.717) is 22.9 Å². The smallest absolute Gasteiger partial charge is 0.0253 e. The minimum Gasteiger partial charge on any atom is -0.330 e. The van der Waals surface area contributed by atoms with Gasteiger partial charge in [-0.05, 0) is 145 Å². The summed E-state index contributed by atoms with van der Waals surface area (Å²) < 4.78 is 0. The molecule has 0 aromatic carbocycles. The van der Waals surface area contributed by atoms with Crippen LogP contribution in [0.15, 0.2) is 11.6 Å². The average Bonchev–Trinajstić information content (AvgIpc) is 3.25. The fourth-order valence-electron chi connectivity index (χ4n) is 9.76. The molecule has 37 heavy (non-hydrogen) atoms. The first-order chi connectivity index (χ1) is 17.9. The summed E-state index contributed by atoms with van der Waals surface area (Å²) in [6.45, 7) is 11.9. The molecule has 8 atom stereocenters. The first kappa shape index (κ1) is 29.6. The fourth-order valence-corrected chi connectivity index (χ4v) is 9.76. The van der Waals surface area contributed by atoms with Gasteiger partial charge in [0.2, 0.25) is 0 Å². The molecule has 0 saturated heterocycles. The summed E-state index contributed by atoms with van der Waals surface area (Å²) in [7, 11) is 0. The van der Waals surface area contributed by atoms with Crippen molar-refractivity contribution >= 4 is 0 Å². The molecule has 214 valence electrons. The third kappa shape index (κ3) is 6.67. The van der Waals surface area contributed by atoms with Gasteiger partial charge in [0.1, 0.15) is 0 Å². The van der Waals surface area contributed by atoms with Gasteiger partial charge in [-0.2, -0.15) is 0 Å². The summed E-state index contributed by atoms with van der Waals surface area (Å²) in [6.07, 6.45) is 24.3.